The average molecular weight is 275 g/mol. The number of rotatable bonds is 3. The summed E-state index contributed by atoms with van der Waals surface area (Å²) in [6.07, 6.45) is 2.60. The molecule has 2 rings (SSSR count). The van der Waals surface area contributed by atoms with Gasteiger partial charge in [-0.3, -0.25) is 0 Å². The minimum atomic E-state index is -0.517. The third-order valence-electron chi connectivity index (χ3n) is 2.52. The number of nitrogens with zero attached hydrogens (tertiary/aromatic N) is 1. The largest absolute Gasteiger partial charge is 0.487 e. The third kappa shape index (κ3) is 2.46. The highest BCUT2D eigenvalue weighted by Gasteiger charge is 2.24. The normalized spacial score (nSPS) is 21.9. The molecule has 1 saturated heterocycles. The molecule has 1 fully saturated rings. The van der Waals surface area contributed by atoms with Crippen molar-refractivity contribution in [2.24, 2.45) is 0 Å². The molecule has 1 aromatic rings. The van der Waals surface area contributed by atoms with Crippen LogP contribution in [0.5, 0.6) is 5.75 Å². The molecule has 0 bridgehead atoms. The number of halogens is 2. The van der Waals surface area contributed by atoms with E-state index < -0.39 is 5.95 Å². The summed E-state index contributed by atoms with van der Waals surface area (Å²) >= 11 is 3.07. The summed E-state index contributed by atoms with van der Waals surface area (Å²) in [6.45, 7) is 3.04. The Hall–Kier alpha value is -0.680. The van der Waals surface area contributed by atoms with E-state index in [4.69, 9.17) is 4.74 Å². The van der Waals surface area contributed by atoms with Gasteiger partial charge in [-0.2, -0.15) is 4.39 Å². The molecule has 2 heterocycles. The predicted octanol–water partition coefficient (Wildman–Crippen LogP) is 2.11. The minimum absolute atomic E-state index is 0.0814. The number of nitrogens with one attached hydrogen (secondary N) is 1. The Morgan fingerprint density at radius 1 is 1.73 bits per heavy atom. The zero-order valence-corrected chi connectivity index (χ0v) is 9.92. The van der Waals surface area contributed by atoms with Crippen molar-refractivity contribution >= 4 is 15.9 Å². The van der Waals surface area contributed by atoms with Crippen molar-refractivity contribution in [1.29, 1.82) is 0 Å². The monoisotopic (exact) mass is 274 g/mol. The van der Waals surface area contributed by atoms with Crippen LogP contribution >= 0.6 is 15.9 Å². The van der Waals surface area contributed by atoms with Crippen molar-refractivity contribution in [3.05, 3.63) is 22.7 Å². The van der Waals surface area contributed by atoms with Crippen LogP contribution < -0.4 is 10.1 Å². The lowest BCUT2D eigenvalue weighted by atomic mass is 10.0. The number of aromatic nitrogens is 1. The van der Waals surface area contributed by atoms with Crippen molar-refractivity contribution in [3.8, 4) is 5.75 Å². The maximum atomic E-state index is 12.8. The van der Waals surface area contributed by atoms with Gasteiger partial charge in [-0.05, 0) is 35.8 Å². The van der Waals surface area contributed by atoms with Crippen molar-refractivity contribution in [3.63, 3.8) is 0 Å². The van der Waals surface area contributed by atoms with Crippen molar-refractivity contribution in [2.45, 2.75) is 25.5 Å². The van der Waals surface area contributed by atoms with Crippen LogP contribution in [0.3, 0.4) is 0 Å². The van der Waals surface area contributed by atoms with Gasteiger partial charge in [0.2, 0.25) is 5.95 Å². The van der Waals surface area contributed by atoms with Crippen LogP contribution in [-0.2, 0) is 0 Å². The number of pyridine rings is 1. The van der Waals surface area contributed by atoms with Gasteiger partial charge in [-0.1, -0.05) is 0 Å². The molecule has 1 aliphatic rings. The predicted molar refractivity (Wildman–Crippen MR) is 58.4 cm³/mol. The maximum Gasteiger partial charge on any atom is 0.227 e. The quantitative estimate of drug-likeness (QED) is 0.858. The molecule has 1 aliphatic heterocycles. The lowest BCUT2D eigenvalue weighted by Crippen LogP contribution is -2.51. The molecule has 1 aromatic heterocycles. The molecule has 0 amide bonds. The van der Waals surface area contributed by atoms with E-state index >= 15 is 0 Å². The second kappa shape index (κ2) is 4.45. The fraction of sp³-hybridized carbons (Fsp3) is 0.500. The summed E-state index contributed by atoms with van der Waals surface area (Å²) in [5.74, 6) is 0.0706. The van der Waals surface area contributed by atoms with E-state index in [1.54, 1.807) is 6.07 Å². The second-order valence-corrected chi connectivity index (χ2v) is 4.47. The van der Waals surface area contributed by atoms with Crippen molar-refractivity contribution in [2.75, 3.05) is 6.54 Å². The van der Waals surface area contributed by atoms with Gasteiger partial charge in [-0.25, -0.2) is 4.98 Å². The Kier molecular flexibility index (Phi) is 3.21. The minimum Gasteiger partial charge on any atom is -0.487 e. The standard InChI is InChI=1S/C10H12BrFN2O/c1-6(9-2-3-13-9)15-7-4-8(11)10(12)14-5-7/h4-6,9,13H,2-3H2,1H3/t6?,9-/m1/s1. The summed E-state index contributed by atoms with van der Waals surface area (Å²) in [4.78, 5) is 3.58. The van der Waals surface area contributed by atoms with E-state index in [0.717, 1.165) is 13.0 Å². The molecular weight excluding hydrogens is 263 g/mol. The molecule has 3 nitrogen and oxygen atoms in total. The van der Waals surface area contributed by atoms with Crippen LogP contribution in [-0.4, -0.2) is 23.7 Å². The van der Waals surface area contributed by atoms with Crippen molar-refractivity contribution in [1.82, 2.24) is 10.3 Å². The first kappa shape index (κ1) is 10.8. The fourth-order valence-corrected chi connectivity index (χ4v) is 1.80. The molecule has 0 spiro atoms. The molecule has 1 unspecified atom stereocenters. The van der Waals surface area contributed by atoms with Gasteiger partial charge >= 0.3 is 0 Å². The van der Waals surface area contributed by atoms with Gasteiger partial charge in [0.1, 0.15) is 11.9 Å². The van der Waals surface area contributed by atoms with E-state index in [0.29, 0.717) is 16.3 Å². The lowest BCUT2D eigenvalue weighted by Gasteiger charge is -2.33. The molecule has 2 atom stereocenters. The topological polar surface area (TPSA) is 34.1 Å². The van der Waals surface area contributed by atoms with Crippen LogP contribution in [0.25, 0.3) is 0 Å². The summed E-state index contributed by atoms with van der Waals surface area (Å²) in [6, 6.07) is 1.99. The molecule has 1 N–H and O–H groups in total. The van der Waals surface area contributed by atoms with E-state index in [2.05, 4.69) is 26.2 Å². The van der Waals surface area contributed by atoms with Crippen LogP contribution in [0.2, 0.25) is 0 Å². The van der Waals surface area contributed by atoms with E-state index in [9.17, 15) is 4.39 Å². The van der Waals surface area contributed by atoms with Crippen LogP contribution in [0.4, 0.5) is 4.39 Å². The van der Waals surface area contributed by atoms with Gasteiger partial charge in [0.15, 0.2) is 0 Å². The number of hydrogen-bond acceptors (Lipinski definition) is 3. The molecule has 5 heteroatoms. The smallest absolute Gasteiger partial charge is 0.227 e. The molecule has 15 heavy (non-hydrogen) atoms. The average Bonchev–Trinajstić information content (AvgIpc) is 2.08. The fourth-order valence-electron chi connectivity index (χ4n) is 1.48. The molecule has 0 aromatic carbocycles. The molecular formula is C10H12BrFN2O. The molecule has 0 aliphatic carbocycles. The summed E-state index contributed by atoms with van der Waals surface area (Å²) in [5, 5.41) is 3.26. The SMILES string of the molecule is CC(Oc1cnc(F)c(Br)c1)[C@H]1CCN1. The number of hydrogen-bond donors (Lipinski definition) is 1. The van der Waals surface area contributed by atoms with E-state index in [-0.39, 0.29) is 6.10 Å². The molecule has 0 saturated carbocycles. The third-order valence-corrected chi connectivity index (χ3v) is 3.08. The summed E-state index contributed by atoms with van der Waals surface area (Å²) < 4.78 is 18.8. The Balaban J connectivity index is 2.00. The Bertz CT molecular complexity index is 357. The highest BCUT2D eigenvalue weighted by atomic mass is 79.9. The van der Waals surface area contributed by atoms with Crippen LogP contribution in [0.1, 0.15) is 13.3 Å². The zero-order valence-electron chi connectivity index (χ0n) is 8.34. The summed E-state index contributed by atoms with van der Waals surface area (Å²) in [5.41, 5.74) is 0. The second-order valence-electron chi connectivity index (χ2n) is 3.62. The first-order chi connectivity index (χ1) is 7.16. The van der Waals surface area contributed by atoms with Gasteiger partial charge in [0.05, 0.1) is 10.7 Å². The van der Waals surface area contributed by atoms with Crippen LogP contribution in [0, 0.1) is 5.95 Å². The van der Waals surface area contributed by atoms with Crippen LogP contribution in [0.15, 0.2) is 16.7 Å². The lowest BCUT2D eigenvalue weighted by molar-refractivity contribution is 0.133. The van der Waals surface area contributed by atoms with E-state index in [1.807, 2.05) is 6.92 Å². The first-order valence-corrected chi connectivity index (χ1v) is 5.67. The highest BCUT2D eigenvalue weighted by Crippen LogP contribution is 2.21. The maximum absolute atomic E-state index is 12.8. The van der Waals surface area contributed by atoms with Gasteiger partial charge in [0.25, 0.3) is 0 Å². The van der Waals surface area contributed by atoms with Gasteiger partial charge in [0, 0.05) is 12.1 Å². The highest BCUT2D eigenvalue weighted by molar-refractivity contribution is 9.10. The van der Waals surface area contributed by atoms with Gasteiger partial charge < -0.3 is 10.1 Å². The first-order valence-electron chi connectivity index (χ1n) is 4.88. The Morgan fingerprint density at radius 3 is 3.00 bits per heavy atom. The summed E-state index contributed by atoms with van der Waals surface area (Å²) in [7, 11) is 0. The zero-order chi connectivity index (χ0) is 10.8. The number of ether oxygens (including phenoxy) is 1. The van der Waals surface area contributed by atoms with Crippen molar-refractivity contribution < 1.29 is 9.13 Å². The Morgan fingerprint density at radius 2 is 2.47 bits per heavy atom. The molecule has 0 radical (unpaired) electrons. The molecule has 82 valence electrons. The van der Waals surface area contributed by atoms with Gasteiger partial charge in [-0.15, -0.1) is 0 Å². The van der Waals surface area contributed by atoms with E-state index in [1.165, 1.54) is 6.20 Å². The Labute approximate surface area is 96.2 Å².